The van der Waals surface area contributed by atoms with E-state index < -0.39 is 11.6 Å². The van der Waals surface area contributed by atoms with Crippen molar-refractivity contribution >= 4 is 17.7 Å². The van der Waals surface area contributed by atoms with Crippen molar-refractivity contribution in [2.75, 3.05) is 0 Å². The first-order valence-corrected chi connectivity index (χ1v) is 12.4. The van der Waals surface area contributed by atoms with E-state index in [2.05, 4.69) is 0 Å². The van der Waals surface area contributed by atoms with Gasteiger partial charge in [-0.15, -0.1) is 11.8 Å². The Kier molecular flexibility index (Phi) is 6.55. The number of amides is 1. The van der Waals surface area contributed by atoms with Gasteiger partial charge in [-0.3, -0.25) is 4.79 Å². The fourth-order valence-electron chi connectivity index (χ4n) is 4.90. The highest BCUT2D eigenvalue weighted by Crippen LogP contribution is 2.38. The van der Waals surface area contributed by atoms with Gasteiger partial charge in [0.25, 0.3) is 5.91 Å². The Morgan fingerprint density at radius 1 is 0.882 bits per heavy atom. The summed E-state index contributed by atoms with van der Waals surface area (Å²) in [5.41, 5.74) is 1.73. The van der Waals surface area contributed by atoms with Crippen molar-refractivity contribution < 1.29 is 22.7 Å². The first-order valence-electron chi connectivity index (χ1n) is 11.4. The summed E-state index contributed by atoms with van der Waals surface area (Å²) in [7, 11) is 0. The summed E-state index contributed by atoms with van der Waals surface area (Å²) in [5, 5.41) is 0. The maximum atomic E-state index is 14.0. The first kappa shape index (κ1) is 22.8. The number of thioether (sulfide) groups is 1. The molecule has 0 saturated carbocycles. The number of hydrogen-bond donors (Lipinski definition) is 0. The topological polar surface area (TPSA) is 29.5 Å². The largest absolute Gasteiger partial charge is 0.487 e. The molecule has 2 saturated heterocycles. The normalized spacial score (nSPS) is 21.5. The van der Waals surface area contributed by atoms with E-state index in [0.29, 0.717) is 18.4 Å². The second-order valence-electron chi connectivity index (χ2n) is 8.82. The highest BCUT2D eigenvalue weighted by molar-refractivity contribution is 7.98. The van der Waals surface area contributed by atoms with Gasteiger partial charge >= 0.3 is 0 Å². The molecule has 2 aliphatic heterocycles. The molecule has 34 heavy (non-hydrogen) atoms. The molecule has 0 aromatic heterocycles. The van der Waals surface area contributed by atoms with E-state index in [-0.39, 0.29) is 35.7 Å². The van der Waals surface area contributed by atoms with E-state index >= 15 is 0 Å². The Hall–Kier alpha value is -2.93. The molecule has 0 aliphatic carbocycles. The molecule has 0 radical (unpaired) electrons. The van der Waals surface area contributed by atoms with Gasteiger partial charge in [-0.25, -0.2) is 13.2 Å². The van der Waals surface area contributed by atoms with Crippen LogP contribution in [0.25, 0.3) is 0 Å². The van der Waals surface area contributed by atoms with Crippen LogP contribution in [-0.4, -0.2) is 29.0 Å². The monoisotopic (exact) mass is 483 g/mol. The number of fused-ring (bicyclic) bond motifs is 2. The summed E-state index contributed by atoms with van der Waals surface area (Å²) in [6, 6.07) is 17.5. The highest BCUT2D eigenvalue weighted by atomic mass is 32.2. The number of nitrogens with zero attached hydrogens (tertiary/aromatic N) is 1. The number of carbonyl (C=O) groups is 1. The molecule has 3 nitrogen and oxygen atoms in total. The molecule has 176 valence electrons. The van der Waals surface area contributed by atoms with Crippen LogP contribution in [0.5, 0.6) is 5.75 Å². The smallest absolute Gasteiger partial charge is 0.254 e. The minimum atomic E-state index is -0.705. The summed E-state index contributed by atoms with van der Waals surface area (Å²) in [6.07, 6.45) is 2.85. The van der Waals surface area contributed by atoms with Gasteiger partial charge in [-0.1, -0.05) is 12.1 Å². The summed E-state index contributed by atoms with van der Waals surface area (Å²) >= 11 is 1.61. The van der Waals surface area contributed by atoms with E-state index in [9.17, 15) is 18.0 Å². The SMILES string of the molecule is O=C(c1ccc(CSc2ccc(F)cc2)cc1)N1C2CCC1CC(Oc1ccc(F)cc1F)C2. The van der Waals surface area contributed by atoms with Crippen LogP contribution in [0.2, 0.25) is 0 Å². The number of piperidine rings is 1. The summed E-state index contributed by atoms with van der Waals surface area (Å²) in [6.45, 7) is 0. The van der Waals surface area contributed by atoms with Crippen molar-refractivity contribution in [3.63, 3.8) is 0 Å². The second kappa shape index (κ2) is 9.74. The third kappa shape index (κ3) is 4.94. The Bertz CT molecular complexity index is 1160. The molecular formula is C27H24F3NO2S. The van der Waals surface area contributed by atoms with Crippen LogP contribution in [0.15, 0.2) is 71.6 Å². The Balaban J connectivity index is 1.20. The minimum Gasteiger partial charge on any atom is -0.487 e. The highest BCUT2D eigenvalue weighted by Gasteiger charge is 2.44. The van der Waals surface area contributed by atoms with E-state index in [4.69, 9.17) is 4.74 Å². The Morgan fingerprint density at radius 3 is 2.18 bits per heavy atom. The summed E-state index contributed by atoms with van der Waals surface area (Å²) in [4.78, 5) is 16.2. The van der Waals surface area contributed by atoms with Gasteiger partial charge in [0.15, 0.2) is 11.6 Å². The predicted molar refractivity (Wildman–Crippen MR) is 125 cm³/mol. The fraction of sp³-hybridized carbons (Fsp3) is 0.296. The molecule has 0 spiro atoms. The van der Waals surface area contributed by atoms with Crippen LogP contribution < -0.4 is 4.74 Å². The Morgan fingerprint density at radius 2 is 1.53 bits per heavy atom. The van der Waals surface area contributed by atoms with Crippen LogP contribution in [0.1, 0.15) is 41.6 Å². The van der Waals surface area contributed by atoms with Crippen molar-refractivity contribution in [1.82, 2.24) is 4.90 Å². The molecule has 1 amide bonds. The van der Waals surface area contributed by atoms with Crippen molar-refractivity contribution in [3.05, 3.63) is 95.3 Å². The van der Waals surface area contributed by atoms with Gasteiger partial charge in [0.1, 0.15) is 17.7 Å². The second-order valence-corrected chi connectivity index (χ2v) is 9.87. The maximum Gasteiger partial charge on any atom is 0.254 e. The summed E-state index contributed by atoms with van der Waals surface area (Å²) < 4.78 is 46.1. The van der Waals surface area contributed by atoms with Crippen LogP contribution in [-0.2, 0) is 5.75 Å². The molecule has 2 unspecified atom stereocenters. The average molecular weight is 484 g/mol. The molecule has 2 atom stereocenters. The number of ether oxygens (including phenoxy) is 1. The lowest BCUT2D eigenvalue weighted by molar-refractivity contribution is 0.0349. The van der Waals surface area contributed by atoms with E-state index in [1.54, 1.807) is 23.9 Å². The molecule has 0 N–H and O–H groups in total. The van der Waals surface area contributed by atoms with Gasteiger partial charge in [-0.05, 0) is 66.9 Å². The minimum absolute atomic E-state index is 0.0108. The van der Waals surface area contributed by atoms with Crippen molar-refractivity contribution in [1.29, 1.82) is 0 Å². The van der Waals surface area contributed by atoms with Gasteiger partial charge in [0.2, 0.25) is 0 Å². The zero-order valence-electron chi connectivity index (χ0n) is 18.4. The van der Waals surface area contributed by atoms with E-state index in [1.807, 2.05) is 29.2 Å². The fourth-order valence-corrected chi connectivity index (χ4v) is 5.75. The van der Waals surface area contributed by atoms with Crippen LogP contribution in [0.4, 0.5) is 13.2 Å². The Labute approximate surface area is 200 Å². The zero-order valence-corrected chi connectivity index (χ0v) is 19.2. The lowest BCUT2D eigenvalue weighted by atomic mass is 9.98. The van der Waals surface area contributed by atoms with Crippen LogP contribution in [0.3, 0.4) is 0 Å². The summed E-state index contributed by atoms with van der Waals surface area (Å²) in [5.74, 6) is -0.793. The molecule has 2 bridgehead atoms. The molecule has 2 aliphatic rings. The molecular weight excluding hydrogens is 459 g/mol. The van der Waals surface area contributed by atoms with E-state index in [0.717, 1.165) is 35.1 Å². The number of hydrogen-bond acceptors (Lipinski definition) is 3. The molecule has 7 heteroatoms. The molecule has 5 rings (SSSR count). The van der Waals surface area contributed by atoms with Gasteiger partial charge < -0.3 is 9.64 Å². The molecule has 3 aromatic carbocycles. The number of benzene rings is 3. The van der Waals surface area contributed by atoms with Crippen LogP contribution >= 0.6 is 11.8 Å². The standard InChI is InChI=1S/C27H24F3NO2S/c28-19-5-10-24(11-6-19)34-16-17-1-3-18(4-2-17)27(32)31-21-8-9-22(31)15-23(14-21)33-26-12-7-20(29)13-25(26)30/h1-7,10-13,21-23H,8-9,14-16H2. The third-order valence-electron chi connectivity index (χ3n) is 6.53. The molecule has 2 fully saturated rings. The zero-order chi connectivity index (χ0) is 23.7. The molecule has 3 aromatic rings. The number of halogens is 3. The number of rotatable bonds is 6. The third-order valence-corrected chi connectivity index (χ3v) is 7.62. The molecule has 2 heterocycles. The first-order chi connectivity index (χ1) is 16.5. The van der Waals surface area contributed by atoms with Gasteiger partial charge in [0.05, 0.1) is 0 Å². The average Bonchev–Trinajstić information content (AvgIpc) is 3.10. The van der Waals surface area contributed by atoms with Gasteiger partial charge in [0, 0.05) is 47.2 Å². The maximum absolute atomic E-state index is 14.0. The quantitative estimate of drug-likeness (QED) is 0.370. The lowest BCUT2D eigenvalue weighted by Crippen LogP contribution is -2.49. The lowest BCUT2D eigenvalue weighted by Gasteiger charge is -2.39. The van der Waals surface area contributed by atoms with Gasteiger partial charge in [-0.2, -0.15) is 0 Å². The predicted octanol–water partition coefficient (Wildman–Crippen LogP) is 6.61. The van der Waals surface area contributed by atoms with E-state index in [1.165, 1.54) is 24.3 Å². The van der Waals surface area contributed by atoms with Crippen molar-refractivity contribution in [3.8, 4) is 5.75 Å². The van der Waals surface area contributed by atoms with Crippen molar-refractivity contribution in [2.45, 2.75) is 54.5 Å². The number of carbonyl (C=O) groups excluding carboxylic acids is 1. The van der Waals surface area contributed by atoms with Crippen LogP contribution in [0, 0.1) is 17.5 Å². The van der Waals surface area contributed by atoms with Crippen molar-refractivity contribution in [2.24, 2.45) is 0 Å².